The molecule has 3 amide bonds. The van der Waals surface area contributed by atoms with Crippen LogP contribution in [0.3, 0.4) is 0 Å². The molecule has 30 nitrogen and oxygen atoms in total. The van der Waals surface area contributed by atoms with Gasteiger partial charge in [-0.2, -0.15) is 29.8 Å². The largest absolute Gasteiger partial charge is 0.491 e. The lowest BCUT2D eigenvalue weighted by Crippen LogP contribution is -2.27. The van der Waals surface area contributed by atoms with Crippen molar-refractivity contribution in [1.29, 1.82) is 0 Å². The van der Waals surface area contributed by atoms with Crippen molar-refractivity contribution in [2.75, 3.05) is 51.6 Å². The maximum atomic E-state index is 13.3. The molecule has 0 bridgehead atoms. The number of ether oxygens (including phenoxy) is 9. The Hall–Kier alpha value is -14.8. The minimum atomic E-state index is -1.17. The zero-order valence-electron chi connectivity index (χ0n) is 69.9. The minimum Gasteiger partial charge on any atom is -0.491 e. The second-order valence-electron chi connectivity index (χ2n) is 28.9. The maximum Gasteiger partial charge on any atom is 0.435 e. The van der Waals surface area contributed by atoms with Gasteiger partial charge in [-0.15, -0.1) is 0 Å². The molecule has 12 aromatic rings. The summed E-state index contributed by atoms with van der Waals surface area (Å²) in [5, 5.41) is 34.8. The summed E-state index contributed by atoms with van der Waals surface area (Å²) >= 11 is 3.33. The Labute approximate surface area is 727 Å². The van der Waals surface area contributed by atoms with Crippen LogP contribution in [0.25, 0.3) is 92.2 Å². The predicted molar refractivity (Wildman–Crippen MR) is 468 cm³/mol. The fourth-order valence-corrected chi connectivity index (χ4v) is 11.9. The van der Waals surface area contributed by atoms with Gasteiger partial charge in [0.05, 0.1) is 132 Å². The monoisotopic (exact) mass is 1800 g/mol. The number of nitrogens with zero attached hydrogens (tertiary/aromatic N) is 6. The summed E-state index contributed by atoms with van der Waals surface area (Å²) in [6.45, 7) is 16.2. The van der Waals surface area contributed by atoms with Crippen LogP contribution in [0.1, 0.15) is 168 Å². The number of amides is 3. The average Bonchev–Trinajstić information content (AvgIpc) is 1.60. The van der Waals surface area contributed by atoms with Crippen LogP contribution in [-0.2, 0) is 38.1 Å². The number of carbonyl (C=O) groups excluding carboxylic acids is 8. The van der Waals surface area contributed by atoms with Gasteiger partial charge in [0.2, 0.25) is 17.7 Å². The number of aromatic amines is 2. The summed E-state index contributed by atoms with van der Waals surface area (Å²) in [6.07, 6.45) is 12.1. The van der Waals surface area contributed by atoms with Crippen LogP contribution < -0.4 is 36.1 Å². The highest BCUT2D eigenvalue weighted by molar-refractivity contribution is 9.09. The summed E-state index contributed by atoms with van der Waals surface area (Å²) in [6, 6.07) is 35.9. The van der Waals surface area contributed by atoms with Gasteiger partial charge in [-0.25, -0.2) is 46.3 Å². The summed E-state index contributed by atoms with van der Waals surface area (Å²) in [5.74, 6) is -5.24. The summed E-state index contributed by atoms with van der Waals surface area (Å²) in [5.41, 5.74) is 21.0. The van der Waals surface area contributed by atoms with Gasteiger partial charge in [0.1, 0.15) is 79.7 Å². The normalized spacial score (nSPS) is 11.4. The molecule has 0 aliphatic carbocycles. The van der Waals surface area contributed by atoms with Crippen molar-refractivity contribution in [2.24, 2.45) is 17.2 Å². The molecule has 35 heteroatoms. The number of fused-ring (bicyclic) bond motifs is 4. The number of esters is 3. The standard InChI is InChI=1S/C26H28FN3O6.C25H26BrFN2O5.C21H20FN3O4.C19H16FN3O4/c1-5-34-24(32)18-11-13-20-22(23(18)35-15-14-21(28)31)19(12-8-16-6-9-17(27)10-7-16)29-30(20)25(33)36-26(2,3)4;1-5-32-23(30)18-11-13-20-21(22(18)33-15-14-26)19(12-8-16-6-9-17(27)10-7-16)28-29(20)24(31)34-25(2,3)4;1-2-28-21(27)15-8-10-17-19(20(15)29-12-11-18(23)26)16(24-25-17)9-5-13-3-6-14(22)7-4-13;20-12-4-1-11(2-5-12)3-7-14-17-15(23-22-14)8-6-13(19(25)26)18(17)27-10-9-16(21)24/h6-13H,5,14-15H2,1-4H3,(H2,28,31);6-13H,5,14-15H2,1-4H3;3-10H,2,11-12H2,1H3,(H2,23,26)(H,24,25);1-8H,9-10H2,(H2,21,24)(H,22,23)(H,25,26)/b2*12-8+;9-5+;7-3+. The number of rotatable bonds is 30. The lowest BCUT2D eigenvalue weighted by molar-refractivity contribution is -0.119. The molecule has 0 aliphatic rings. The third kappa shape index (κ3) is 26.4. The van der Waals surface area contributed by atoms with E-state index in [2.05, 4.69) is 46.5 Å². The smallest absolute Gasteiger partial charge is 0.435 e. The maximum absolute atomic E-state index is 13.3. The minimum absolute atomic E-state index is 0.00272. The molecule has 658 valence electrons. The lowest BCUT2D eigenvalue weighted by atomic mass is 10.1. The number of hydrogen-bond acceptors (Lipinski definition) is 22. The van der Waals surface area contributed by atoms with Gasteiger partial charge in [0.15, 0.2) is 0 Å². The van der Waals surface area contributed by atoms with Gasteiger partial charge >= 0.3 is 36.1 Å². The van der Waals surface area contributed by atoms with Crippen molar-refractivity contribution >= 4 is 162 Å². The summed E-state index contributed by atoms with van der Waals surface area (Å²) < 4.78 is 104. The quantitative estimate of drug-likeness (QED) is 0.0105. The van der Waals surface area contributed by atoms with Gasteiger partial charge < -0.3 is 64.9 Å². The van der Waals surface area contributed by atoms with Crippen LogP contribution in [-0.4, -0.2) is 162 Å². The van der Waals surface area contributed by atoms with E-state index < -0.39 is 65.0 Å². The molecule has 9 N–H and O–H groups in total. The molecule has 0 saturated heterocycles. The van der Waals surface area contributed by atoms with Crippen molar-refractivity contribution in [3.8, 4) is 23.0 Å². The Balaban J connectivity index is 0.000000191. The van der Waals surface area contributed by atoms with Crippen LogP contribution in [0, 0.1) is 23.3 Å². The van der Waals surface area contributed by atoms with Crippen molar-refractivity contribution in [2.45, 2.75) is 92.8 Å². The highest BCUT2D eigenvalue weighted by atomic mass is 79.9. The Morgan fingerprint density at radius 2 is 0.683 bits per heavy atom. The van der Waals surface area contributed by atoms with Gasteiger partial charge in [-0.3, -0.25) is 24.6 Å². The second kappa shape index (κ2) is 44.3. The topological polar surface area (TPSA) is 428 Å². The van der Waals surface area contributed by atoms with E-state index in [9.17, 15) is 65.8 Å². The van der Waals surface area contributed by atoms with Gasteiger partial charge in [-0.1, -0.05) is 88.8 Å². The van der Waals surface area contributed by atoms with Crippen LogP contribution >= 0.6 is 15.9 Å². The first kappa shape index (κ1) is 95.1. The number of carboxylic acids is 1. The van der Waals surface area contributed by atoms with Crippen molar-refractivity contribution in [3.05, 3.63) is 236 Å². The number of halogens is 5. The predicted octanol–water partition coefficient (Wildman–Crippen LogP) is 16.8. The molecule has 0 aliphatic heterocycles. The van der Waals surface area contributed by atoms with E-state index in [0.717, 1.165) is 26.1 Å². The lowest BCUT2D eigenvalue weighted by Gasteiger charge is -2.19. The third-order valence-corrected chi connectivity index (χ3v) is 17.6. The van der Waals surface area contributed by atoms with Crippen molar-refractivity contribution < 1.29 is 108 Å². The number of nitrogens with two attached hydrogens (primary N) is 3. The number of benzene rings is 8. The van der Waals surface area contributed by atoms with E-state index in [1.807, 2.05) is 0 Å². The van der Waals surface area contributed by atoms with Crippen molar-refractivity contribution in [3.63, 3.8) is 0 Å². The molecule has 0 atom stereocenters. The second-order valence-corrected chi connectivity index (χ2v) is 29.7. The van der Waals surface area contributed by atoms with E-state index in [4.69, 9.17) is 59.8 Å². The van der Waals surface area contributed by atoms with E-state index in [-0.39, 0.29) is 140 Å². The van der Waals surface area contributed by atoms with Gasteiger partial charge in [0, 0.05) is 5.33 Å². The van der Waals surface area contributed by atoms with Crippen molar-refractivity contribution in [1.82, 2.24) is 40.0 Å². The van der Waals surface area contributed by atoms with Crippen LogP contribution in [0.5, 0.6) is 23.0 Å². The molecule has 12 rings (SSSR count). The van der Waals surface area contributed by atoms with E-state index >= 15 is 0 Å². The van der Waals surface area contributed by atoms with E-state index in [1.165, 1.54) is 66.7 Å². The molecule has 4 heterocycles. The SMILES string of the molecule is CCOC(=O)c1ccc2c(c(/C=C/c3ccc(F)cc3)nn2C(=O)OC(C)(C)C)c1OCCBr.CCOC(=O)c1ccc2c(c(/C=C/c3ccc(F)cc3)nn2C(=O)OC(C)(C)C)c1OCCC(N)=O.CCOC(=O)c1ccc2n[nH]c(/C=C/c3ccc(F)cc3)c2c1OCCC(N)=O.NC(=O)CCOc1c(C(=O)O)ccc2n[nH]c(/C=C/c3ccc(F)cc3)c12. The highest BCUT2D eigenvalue weighted by Gasteiger charge is 2.31. The number of alkyl halides is 1. The number of carbonyl (C=O) groups is 9. The fraction of sp³-hybridized carbons (Fsp3) is 0.242. The van der Waals surface area contributed by atoms with Crippen LogP contribution in [0.4, 0.5) is 27.2 Å². The zero-order chi connectivity index (χ0) is 91.5. The van der Waals surface area contributed by atoms with Crippen LogP contribution in [0.15, 0.2) is 146 Å². The molecule has 0 fully saturated rings. The van der Waals surface area contributed by atoms with E-state index in [0.29, 0.717) is 71.6 Å². The summed E-state index contributed by atoms with van der Waals surface area (Å²) in [7, 11) is 0. The molecular formula is C91H90BrF4N11O19. The van der Waals surface area contributed by atoms with Gasteiger partial charge in [0.25, 0.3) is 0 Å². The molecule has 0 saturated carbocycles. The van der Waals surface area contributed by atoms with Gasteiger partial charge in [-0.05, 0) is 206 Å². The number of primary amides is 3. The molecule has 4 aromatic heterocycles. The number of nitrogens with one attached hydrogen (secondary N) is 2. The average molecular weight is 1800 g/mol. The third-order valence-electron chi connectivity index (χ3n) is 17.2. The first-order chi connectivity index (χ1) is 60.1. The molecule has 0 radical (unpaired) electrons. The number of H-pyrrole nitrogens is 2. The number of hydrogen-bond donors (Lipinski definition) is 6. The zero-order valence-corrected chi connectivity index (χ0v) is 71.4. The highest BCUT2D eigenvalue weighted by Crippen LogP contribution is 2.39. The fourth-order valence-electron chi connectivity index (χ4n) is 11.8. The first-order valence-corrected chi connectivity index (χ1v) is 40.2. The first-order valence-electron chi connectivity index (χ1n) is 39.1. The number of carboxylic acid groups (broad SMARTS) is 1. The number of aromatic carboxylic acids is 1. The molecule has 8 aromatic carbocycles. The molecule has 0 spiro atoms. The Morgan fingerprint density at radius 1 is 0.397 bits per heavy atom. The Kier molecular flexibility index (Phi) is 33.5. The van der Waals surface area contributed by atoms with E-state index in [1.54, 1.807) is 190 Å². The molecule has 126 heavy (non-hydrogen) atoms. The van der Waals surface area contributed by atoms with Crippen LogP contribution in [0.2, 0.25) is 0 Å². The Morgan fingerprint density at radius 3 is 0.976 bits per heavy atom. The number of aromatic nitrogens is 8. The molecule has 0 unspecified atom stereocenters. The summed E-state index contributed by atoms with van der Waals surface area (Å²) in [4.78, 5) is 108. The molecular weight excluding hydrogens is 1710 g/mol. The Bertz CT molecular complexity index is 6070.